The second-order valence-electron chi connectivity index (χ2n) is 9.81. The van der Waals surface area contributed by atoms with Gasteiger partial charge in [0.2, 0.25) is 5.91 Å². The Labute approximate surface area is 208 Å². The number of rotatable bonds is 5. The third-order valence-electron chi connectivity index (χ3n) is 7.57. The molecule has 0 bridgehead atoms. The van der Waals surface area contributed by atoms with E-state index >= 15 is 0 Å². The van der Waals surface area contributed by atoms with Crippen LogP contribution in [-0.4, -0.2) is 26.5 Å². The molecule has 0 saturated heterocycles. The predicted octanol–water partition coefficient (Wildman–Crippen LogP) is 6.21. The number of nitro benzene ring substituents is 2. The number of carbonyl (C=O) groups excluding carboxylic acids is 1. The van der Waals surface area contributed by atoms with Gasteiger partial charge in [0.25, 0.3) is 11.4 Å². The van der Waals surface area contributed by atoms with E-state index in [0.29, 0.717) is 0 Å². The molecule has 2 aromatic carbocycles. The van der Waals surface area contributed by atoms with Gasteiger partial charge in [-0.25, -0.2) is 5.01 Å². The summed E-state index contributed by atoms with van der Waals surface area (Å²) in [6.07, 6.45) is 9.57. The largest absolute Gasteiger partial charge is 0.273 e. The average molecular weight is 489 g/mol. The number of fused-ring (bicyclic) bond motifs is 1. The zero-order chi connectivity index (χ0) is 25.2. The number of benzene rings is 2. The molecule has 5 rings (SSSR count). The molecular weight excluding hydrogens is 460 g/mol. The number of nitrogens with zero attached hydrogens (tertiary/aromatic N) is 4. The highest BCUT2D eigenvalue weighted by atomic mass is 16.6. The van der Waals surface area contributed by atoms with Gasteiger partial charge in [-0.3, -0.25) is 25.0 Å². The number of hydrogen-bond donors (Lipinski definition) is 0. The highest BCUT2D eigenvalue weighted by Gasteiger charge is 2.45. The van der Waals surface area contributed by atoms with Crippen molar-refractivity contribution in [1.82, 2.24) is 5.01 Å². The maximum absolute atomic E-state index is 13.7. The predicted molar refractivity (Wildman–Crippen MR) is 135 cm³/mol. The normalized spacial score (nSPS) is 23.3. The SMILES string of the molecule is O=C(C1CCCCC1)N1N=C2C(=Cc3ccc([N+](=O)[O-])cc3)CCCC2C1c1ccc([N+](=O)[O-])cc1. The molecule has 1 heterocycles. The Kier molecular flexibility index (Phi) is 6.63. The monoisotopic (exact) mass is 488 g/mol. The lowest BCUT2D eigenvalue weighted by molar-refractivity contribution is -0.385. The molecule has 0 N–H and O–H groups in total. The number of allylic oxidation sites excluding steroid dienone is 1. The van der Waals surface area contributed by atoms with Crippen molar-refractivity contribution in [3.63, 3.8) is 0 Å². The summed E-state index contributed by atoms with van der Waals surface area (Å²) >= 11 is 0. The van der Waals surface area contributed by atoms with E-state index in [1.807, 2.05) is 6.08 Å². The second-order valence-corrected chi connectivity index (χ2v) is 9.81. The second kappa shape index (κ2) is 10.0. The average Bonchev–Trinajstić information content (AvgIpc) is 3.30. The third-order valence-corrected chi connectivity index (χ3v) is 7.57. The van der Waals surface area contributed by atoms with Crippen LogP contribution in [0.25, 0.3) is 6.08 Å². The number of hydrogen-bond acceptors (Lipinski definition) is 6. The molecule has 0 radical (unpaired) electrons. The first-order valence-corrected chi connectivity index (χ1v) is 12.5. The summed E-state index contributed by atoms with van der Waals surface area (Å²) in [5, 5.41) is 28.8. The van der Waals surface area contributed by atoms with Crippen molar-refractivity contribution in [1.29, 1.82) is 0 Å². The van der Waals surface area contributed by atoms with E-state index in [-0.39, 0.29) is 35.2 Å². The lowest BCUT2D eigenvalue weighted by atomic mass is 9.77. The van der Waals surface area contributed by atoms with Crippen LogP contribution in [-0.2, 0) is 4.79 Å². The van der Waals surface area contributed by atoms with Crippen molar-refractivity contribution in [2.75, 3.05) is 0 Å². The molecule has 0 aromatic heterocycles. The first-order chi connectivity index (χ1) is 17.4. The van der Waals surface area contributed by atoms with E-state index in [9.17, 15) is 25.0 Å². The van der Waals surface area contributed by atoms with Crippen LogP contribution in [0.2, 0.25) is 0 Å². The zero-order valence-electron chi connectivity index (χ0n) is 19.9. The molecule has 186 valence electrons. The Bertz CT molecular complexity index is 1230. The van der Waals surface area contributed by atoms with E-state index in [0.717, 1.165) is 73.8 Å². The minimum Gasteiger partial charge on any atom is -0.273 e. The zero-order valence-corrected chi connectivity index (χ0v) is 19.9. The molecule has 2 aliphatic carbocycles. The quantitative estimate of drug-likeness (QED) is 0.366. The minimum atomic E-state index is -0.420. The molecule has 2 unspecified atom stereocenters. The molecular formula is C27H28N4O5. The highest BCUT2D eigenvalue weighted by Crippen LogP contribution is 2.46. The summed E-state index contributed by atoms with van der Waals surface area (Å²) in [6.45, 7) is 0. The van der Waals surface area contributed by atoms with Crippen LogP contribution < -0.4 is 0 Å². The van der Waals surface area contributed by atoms with Gasteiger partial charge in [0.15, 0.2) is 0 Å². The van der Waals surface area contributed by atoms with E-state index in [1.54, 1.807) is 29.3 Å². The highest BCUT2D eigenvalue weighted by molar-refractivity contribution is 6.08. The van der Waals surface area contributed by atoms with Gasteiger partial charge in [0.1, 0.15) is 0 Å². The fourth-order valence-electron chi connectivity index (χ4n) is 5.74. The third kappa shape index (κ3) is 4.65. The number of carbonyl (C=O) groups is 1. The van der Waals surface area contributed by atoms with Crippen molar-refractivity contribution < 1.29 is 14.6 Å². The van der Waals surface area contributed by atoms with Crippen LogP contribution in [0.5, 0.6) is 0 Å². The van der Waals surface area contributed by atoms with Gasteiger partial charge in [-0.1, -0.05) is 31.4 Å². The standard InChI is InChI=1S/C27H28N4O5/c32-27(20-5-2-1-3-6-20)29-26(19-11-15-23(16-12-19)31(35)36)24-8-4-7-21(25(24)28-29)17-18-9-13-22(14-10-18)30(33)34/h9-17,20,24,26H,1-8H2. The topological polar surface area (TPSA) is 119 Å². The molecule has 2 saturated carbocycles. The summed E-state index contributed by atoms with van der Waals surface area (Å²) < 4.78 is 0. The molecule has 1 amide bonds. The van der Waals surface area contributed by atoms with Crippen molar-refractivity contribution in [3.8, 4) is 0 Å². The molecule has 9 heteroatoms. The molecule has 0 spiro atoms. The van der Waals surface area contributed by atoms with Crippen LogP contribution in [0.4, 0.5) is 11.4 Å². The van der Waals surface area contributed by atoms with Gasteiger partial charge in [-0.05, 0) is 67.0 Å². The van der Waals surface area contributed by atoms with E-state index in [2.05, 4.69) is 0 Å². The van der Waals surface area contributed by atoms with Crippen LogP contribution in [0.15, 0.2) is 59.2 Å². The van der Waals surface area contributed by atoms with Gasteiger partial charge in [0, 0.05) is 36.1 Å². The molecule has 2 atom stereocenters. The Balaban J connectivity index is 1.51. The Hall–Kier alpha value is -3.88. The Morgan fingerprint density at radius 3 is 2.08 bits per heavy atom. The van der Waals surface area contributed by atoms with Gasteiger partial charge >= 0.3 is 0 Å². The van der Waals surface area contributed by atoms with Gasteiger partial charge < -0.3 is 0 Å². The number of nitro groups is 2. The van der Waals surface area contributed by atoms with Crippen molar-refractivity contribution >= 4 is 29.1 Å². The fraction of sp³-hybridized carbons (Fsp3) is 0.407. The lowest BCUT2D eigenvalue weighted by Crippen LogP contribution is -2.36. The minimum absolute atomic E-state index is 0.00274. The number of non-ortho nitro benzene ring substituents is 2. The number of hydrazone groups is 1. The number of amides is 1. The van der Waals surface area contributed by atoms with Gasteiger partial charge in [0.05, 0.1) is 21.6 Å². The van der Waals surface area contributed by atoms with Crippen LogP contribution in [0.1, 0.15) is 68.5 Å². The van der Waals surface area contributed by atoms with E-state index in [4.69, 9.17) is 5.10 Å². The smallest absolute Gasteiger partial charge is 0.269 e. The van der Waals surface area contributed by atoms with Crippen LogP contribution in [0.3, 0.4) is 0 Å². The van der Waals surface area contributed by atoms with Crippen molar-refractivity contribution in [2.45, 2.75) is 57.4 Å². The van der Waals surface area contributed by atoms with Gasteiger partial charge in [-0.2, -0.15) is 5.10 Å². The van der Waals surface area contributed by atoms with Gasteiger partial charge in [-0.15, -0.1) is 0 Å². The van der Waals surface area contributed by atoms with Crippen molar-refractivity contribution in [2.24, 2.45) is 16.9 Å². The molecule has 2 aromatic rings. The summed E-state index contributed by atoms with van der Waals surface area (Å²) in [4.78, 5) is 35.1. The van der Waals surface area contributed by atoms with Crippen molar-refractivity contribution in [3.05, 3.63) is 85.5 Å². The molecule has 3 aliphatic rings. The first kappa shape index (κ1) is 23.8. The first-order valence-electron chi connectivity index (χ1n) is 12.5. The maximum Gasteiger partial charge on any atom is 0.269 e. The summed E-state index contributed by atoms with van der Waals surface area (Å²) in [6, 6.07) is 12.6. The molecule has 36 heavy (non-hydrogen) atoms. The molecule has 2 fully saturated rings. The van der Waals surface area contributed by atoms with Crippen LogP contribution >= 0.6 is 0 Å². The lowest BCUT2D eigenvalue weighted by Gasteiger charge is -2.32. The maximum atomic E-state index is 13.7. The Morgan fingerprint density at radius 1 is 0.861 bits per heavy atom. The summed E-state index contributed by atoms with van der Waals surface area (Å²) in [7, 11) is 0. The summed E-state index contributed by atoms with van der Waals surface area (Å²) in [5.41, 5.74) is 3.68. The summed E-state index contributed by atoms with van der Waals surface area (Å²) in [5.74, 6) is -0.0161. The fourth-order valence-corrected chi connectivity index (χ4v) is 5.74. The Morgan fingerprint density at radius 2 is 1.47 bits per heavy atom. The van der Waals surface area contributed by atoms with E-state index in [1.165, 1.54) is 24.3 Å². The van der Waals surface area contributed by atoms with E-state index < -0.39 is 9.85 Å². The van der Waals surface area contributed by atoms with Crippen LogP contribution in [0, 0.1) is 32.1 Å². The molecule has 9 nitrogen and oxygen atoms in total. The molecule has 1 aliphatic heterocycles.